The first kappa shape index (κ1) is 18.4. The quantitative estimate of drug-likeness (QED) is 0.710. The van der Waals surface area contributed by atoms with Crippen LogP contribution in [0.3, 0.4) is 0 Å². The molecule has 0 spiro atoms. The number of carbonyl (C=O) groups is 1. The molecule has 28 heavy (non-hydrogen) atoms. The van der Waals surface area contributed by atoms with Crippen molar-refractivity contribution in [2.24, 2.45) is 0 Å². The van der Waals surface area contributed by atoms with Crippen LogP contribution in [0.25, 0.3) is 11.1 Å². The maximum atomic E-state index is 13.0. The van der Waals surface area contributed by atoms with Crippen LogP contribution in [-0.2, 0) is 11.2 Å². The van der Waals surface area contributed by atoms with E-state index in [1.807, 2.05) is 41.4 Å². The van der Waals surface area contributed by atoms with Crippen LogP contribution in [0.5, 0.6) is 0 Å². The summed E-state index contributed by atoms with van der Waals surface area (Å²) in [4.78, 5) is 14.9. The van der Waals surface area contributed by atoms with Crippen molar-refractivity contribution in [3.63, 3.8) is 0 Å². The number of ether oxygens (including phenoxy) is 1. The van der Waals surface area contributed by atoms with E-state index in [-0.39, 0.29) is 12.0 Å². The molecule has 5 nitrogen and oxygen atoms in total. The third-order valence-corrected chi connectivity index (χ3v) is 5.20. The Morgan fingerprint density at radius 2 is 2.04 bits per heavy atom. The van der Waals surface area contributed by atoms with E-state index < -0.39 is 0 Å². The summed E-state index contributed by atoms with van der Waals surface area (Å²) in [5.41, 5.74) is 4.04. The van der Waals surface area contributed by atoms with Gasteiger partial charge in [0.25, 0.3) is 5.91 Å². The molecule has 1 aliphatic heterocycles. The van der Waals surface area contributed by atoms with Crippen LogP contribution in [0.2, 0.25) is 0 Å². The van der Waals surface area contributed by atoms with Crippen molar-refractivity contribution in [2.75, 3.05) is 19.7 Å². The molecule has 2 heterocycles. The highest BCUT2D eigenvalue weighted by Gasteiger charge is 2.25. The lowest BCUT2D eigenvalue weighted by atomic mass is 10.0. The fourth-order valence-corrected chi connectivity index (χ4v) is 3.68. The summed E-state index contributed by atoms with van der Waals surface area (Å²) in [6.07, 6.45) is 6.78. The molecule has 1 N–H and O–H groups in total. The smallest absolute Gasteiger partial charge is 0.254 e. The minimum atomic E-state index is 0.0710. The van der Waals surface area contributed by atoms with E-state index in [2.05, 4.69) is 34.5 Å². The molecule has 1 aromatic heterocycles. The Morgan fingerprint density at radius 3 is 2.86 bits per heavy atom. The summed E-state index contributed by atoms with van der Waals surface area (Å²) >= 11 is 0. The lowest BCUT2D eigenvalue weighted by Gasteiger charge is -2.33. The molecule has 1 atom stereocenters. The highest BCUT2D eigenvalue weighted by atomic mass is 16.5. The number of nitrogens with zero attached hydrogens (tertiary/aromatic N) is 2. The standard InChI is InChI=1S/C23H25N3O2/c27-23(20-10-5-9-19(14-20)21-15-24-25-16-21)26-12-13-28-22(17-26)11-4-8-18-6-2-1-3-7-18/h1-3,5-7,9-10,14-16,22H,4,8,11-13,17H2,(H,24,25)/t22-/m0/s1. The van der Waals surface area contributed by atoms with Crippen molar-refractivity contribution in [2.45, 2.75) is 25.4 Å². The zero-order valence-corrected chi connectivity index (χ0v) is 15.9. The Kier molecular flexibility index (Phi) is 5.83. The molecule has 1 amide bonds. The number of hydrogen-bond acceptors (Lipinski definition) is 3. The van der Waals surface area contributed by atoms with Crippen LogP contribution in [0.1, 0.15) is 28.8 Å². The predicted molar refractivity (Wildman–Crippen MR) is 109 cm³/mol. The van der Waals surface area contributed by atoms with Crippen LogP contribution < -0.4 is 0 Å². The molecule has 0 unspecified atom stereocenters. The van der Waals surface area contributed by atoms with Crippen LogP contribution in [0.15, 0.2) is 67.0 Å². The van der Waals surface area contributed by atoms with Crippen LogP contribution >= 0.6 is 0 Å². The average molecular weight is 375 g/mol. The summed E-state index contributed by atoms with van der Waals surface area (Å²) in [6, 6.07) is 18.2. The van der Waals surface area contributed by atoms with E-state index >= 15 is 0 Å². The molecule has 1 saturated heterocycles. The molecule has 2 aromatic carbocycles. The van der Waals surface area contributed by atoms with Gasteiger partial charge in [0.2, 0.25) is 0 Å². The van der Waals surface area contributed by atoms with E-state index in [0.717, 1.165) is 30.4 Å². The number of carbonyl (C=O) groups excluding carboxylic acids is 1. The maximum absolute atomic E-state index is 13.0. The first-order valence-electron chi connectivity index (χ1n) is 9.83. The van der Waals surface area contributed by atoms with Crippen LogP contribution in [-0.4, -0.2) is 46.8 Å². The predicted octanol–water partition coefficient (Wildman–Crippen LogP) is 3.94. The zero-order chi connectivity index (χ0) is 19.2. The maximum Gasteiger partial charge on any atom is 0.254 e. The van der Waals surface area contributed by atoms with Crippen molar-refractivity contribution in [3.05, 3.63) is 78.1 Å². The number of aryl methyl sites for hydroxylation is 1. The minimum absolute atomic E-state index is 0.0710. The Bertz CT molecular complexity index is 893. The molecule has 1 aliphatic rings. The molecule has 0 bridgehead atoms. The fourth-order valence-electron chi connectivity index (χ4n) is 3.68. The van der Waals surface area contributed by atoms with Gasteiger partial charge in [-0.2, -0.15) is 5.10 Å². The minimum Gasteiger partial charge on any atom is -0.375 e. The second-order valence-corrected chi connectivity index (χ2v) is 7.19. The van der Waals surface area contributed by atoms with Crippen molar-refractivity contribution in [3.8, 4) is 11.1 Å². The number of aromatic nitrogens is 2. The van der Waals surface area contributed by atoms with Gasteiger partial charge in [0.05, 0.1) is 18.9 Å². The molecule has 0 saturated carbocycles. The van der Waals surface area contributed by atoms with Gasteiger partial charge >= 0.3 is 0 Å². The van der Waals surface area contributed by atoms with Crippen molar-refractivity contribution >= 4 is 5.91 Å². The number of amides is 1. The summed E-state index contributed by atoms with van der Waals surface area (Å²) in [5.74, 6) is 0.0710. The van der Waals surface area contributed by atoms with E-state index in [1.165, 1.54) is 5.56 Å². The van der Waals surface area contributed by atoms with E-state index in [4.69, 9.17) is 4.74 Å². The van der Waals surface area contributed by atoms with Gasteiger partial charge in [0, 0.05) is 30.4 Å². The molecular weight excluding hydrogens is 350 g/mol. The number of nitrogens with one attached hydrogen (secondary N) is 1. The molecule has 5 heteroatoms. The van der Waals surface area contributed by atoms with Gasteiger partial charge in [-0.3, -0.25) is 9.89 Å². The molecule has 1 fully saturated rings. The van der Waals surface area contributed by atoms with Crippen molar-refractivity contribution in [1.29, 1.82) is 0 Å². The molecule has 144 valence electrons. The number of H-pyrrole nitrogens is 1. The number of aromatic amines is 1. The average Bonchev–Trinajstić information content (AvgIpc) is 3.29. The van der Waals surface area contributed by atoms with E-state index in [1.54, 1.807) is 6.20 Å². The van der Waals surface area contributed by atoms with Gasteiger partial charge in [-0.1, -0.05) is 42.5 Å². The van der Waals surface area contributed by atoms with Gasteiger partial charge in [0.15, 0.2) is 0 Å². The highest BCUT2D eigenvalue weighted by molar-refractivity contribution is 5.95. The van der Waals surface area contributed by atoms with Gasteiger partial charge in [-0.25, -0.2) is 0 Å². The highest BCUT2D eigenvalue weighted by Crippen LogP contribution is 2.21. The monoisotopic (exact) mass is 375 g/mol. The lowest BCUT2D eigenvalue weighted by Crippen LogP contribution is -2.45. The molecule has 0 radical (unpaired) electrons. The largest absolute Gasteiger partial charge is 0.375 e. The zero-order valence-electron chi connectivity index (χ0n) is 15.9. The SMILES string of the molecule is O=C(c1cccc(-c2cn[nH]c2)c1)N1CCO[C@@H](CCCc2ccccc2)C1. The number of benzene rings is 2. The third-order valence-electron chi connectivity index (χ3n) is 5.20. The van der Waals surface area contributed by atoms with Gasteiger partial charge < -0.3 is 9.64 Å². The van der Waals surface area contributed by atoms with Crippen LogP contribution in [0, 0.1) is 0 Å². The Balaban J connectivity index is 1.35. The fraction of sp³-hybridized carbons (Fsp3) is 0.304. The van der Waals surface area contributed by atoms with E-state index in [0.29, 0.717) is 25.3 Å². The Hall–Kier alpha value is -2.92. The number of morpholine rings is 1. The van der Waals surface area contributed by atoms with Crippen molar-refractivity contribution in [1.82, 2.24) is 15.1 Å². The molecule has 3 aromatic rings. The van der Waals surface area contributed by atoms with E-state index in [9.17, 15) is 4.79 Å². The second-order valence-electron chi connectivity index (χ2n) is 7.19. The normalized spacial score (nSPS) is 16.9. The second kappa shape index (κ2) is 8.85. The summed E-state index contributed by atoms with van der Waals surface area (Å²) in [6.45, 7) is 1.90. The van der Waals surface area contributed by atoms with Gasteiger partial charge in [0.1, 0.15) is 0 Å². The molecular formula is C23H25N3O2. The number of rotatable bonds is 6. The topological polar surface area (TPSA) is 58.2 Å². The van der Waals surface area contributed by atoms with Gasteiger partial charge in [-0.05, 0) is 42.5 Å². The Morgan fingerprint density at radius 1 is 1.14 bits per heavy atom. The summed E-state index contributed by atoms with van der Waals surface area (Å²) in [7, 11) is 0. The first-order valence-corrected chi connectivity index (χ1v) is 9.83. The summed E-state index contributed by atoms with van der Waals surface area (Å²) in [5, 5.41) is 6.80. The lowest BCUT2D eigenvalue weighted by molar-refractivity contribution is -0.0255. The number of hydrogen-bond donors (Lipinski definition) is 1. The first-order chi connectivity index (χ1) is 13.8. The van der Waals surface area contributed by atoms with Gasteiger partial charge in [-0.15, -0.1) is 0 Å². The molecule has 0 aliphatic carbocycles. The Labute approximate surface area is 165 Å². The third kappa shape index (κ3) is 4.49. The van der Waals surface area contributed by atoms with Crippen molar-refractivity contribution < 1.29 is 9.53 Å². The molecule has 4 rings (SSSR count). The summed E-state index contributed by atoms with van der Waals surface area (Å²) < 4.78 is 5.91. The van der Waals surface area contributed by atoms with Crippen LogP contribution in [0.4, 0.5) is 0 Å².